The Labute approximate surface area is 150 Å². The van der Waals surface area contributed by atoms with Gasteiger partial charge in [0.05, 0.1) is 0 Å². The van der Waals surface area contributed by atoms with Gasteiger partial charge in [0, 0.05) is 18.7 Å². The van der Waals surface area contributed by atoms with E-state index in [4.69, 9.17) is 0 Å². The molecule has 0 unspecified atom stereocenters. The third-order valence-electron chi connectivity index (χ3n) is 3.95. The van der Waals surface area contributed by atoms with Crippen LogP contribution >= 0.6 is 0 Å². The predicted octanol–water partition coefficient (Wildman–Crippen LogP) is 4.34. The maximum atomic E-state index is 14.2. The van der Waals surface area contributed by atoms with Crippen LogP contribution in [0.15, 0.2) is 48.5 Å². The van der Waals surface area contributed by atoms with E-state index in [-0.39, 0.29) is 11.7 Å². The van der Waals surface area contributed by atoms with Gasteiger partial charge in [-0.2, -0.15) is 0 Å². The van der Waals surface area contributed by atoms with E-state index < -0.39 is 0 Å². The van der Waals surface area contributed by atoms with Crippen molar-refractivity contribution in [3.63, 3.8) is 0 Å². The molecule has 0 spiro atoms. The van der Waals surface area contributed by atoms with Crippen molar-refractivity contribution < 1.29 is 9.18 Å². The van der Waals surface area contributed by atoms with Crippen LogP contribution in [0.1, 0.15) is 37.8 Å². The van der Waals surface area contributed by atoms with Gasteiger partial charge in [-0.25, -0.2) is 4.39 Å². The molecule has 2 aromatic carbocycles. The number of aryl methyl sites for hydroxylation is 2. The number of benzene rings is 2. The van der Waals surface area contributed by atoms with Gasteiger partial charge < -0.3 is 10.6 Å². The minimum absolute atomic E-state index is 0.0893. The fourth-order valence-corrected chi connectivity index (χ4v) is 2.75. The van der Waals surface area contributed by atoms with Crippen molar-refractivity contribution in [2.24, 2.45) is 5.73 Å². The molecule has 3 nitrogen and oxygen atoms in total. The van der Waals surface area contributed by atoms with Crippen LogP contribution in [0.4, 0.5) is 10.1 Å². The van der Waals surface area contributed by atoms with Crippen LogP contribution in [0.3, 0.4) is 0 Å². The van der Waals surface area contributed by atoms with E-state index in [9.17, 15) is 9.18 Å². The summed E-state index contributed by atoms with van der Waals surface area (Å²) in [5.74, 6) is -0.130. The normalized spacial score (nSPS) is 12.8. The molecule has 1 saturated heterocycles. The average molecular weight is 344 g/mol. The molecule has 2 aromatic rings. The molecule has 1 aliphatic rings. The molecule has 0 radical (unpaired) electrons. The van der Waals surface area contributed by atoms with Gasteiger partial charge in [-0.05, 0) is 49.6 Å². The van der Waals surface area contributed by atoms with Crippen LogP contribution in [-0.2, 0) is 17.6 Å². The highest BCUT2D eigenvalue weighted by molar-refractivity contribution is 5.95. The van der Waals surface area contributed by atoms with E-state index in [0.717, 1.165) is 12.8 Å². The third-order valence-corrected chi connectivity index (χ3v) is 3.95. The molecule has 3 rings (SSSR count). The summed E-state index contributed by atoms with van der Waals surface area (Å²) in [6, 6.07) is 15.2. The lowest BCUT2D eigenvalue weighted by Crippen LogP contribution is -2.23. The zero-order valence-electron chi connectivity index (χ0n) is 15.5. The SMILES string of the molecule is CC.CN.O=C1CCCN1c1ccc(CCc2ccccc2)c(F)c1. The van der Waals surface area contributed by atoms with Crippen LogP contribution in [0.25, 0.3) is 0 Å². The number of halogens is 1. The molecular formula is C21H29FN2O. The number of carbonyl (C=O) groups is 1. The molecule has 0 aromatic heterocycles. The van der Waals surface area contributed by atoms with Gasteiger partial charge in [0.15, 0.2) is 0 Å². The zero-order chi connectivity index (χ0) is 18.7. The first-order valence-electron chi connectivity index (χ1n) is 8.94. The summed E-state index contributed by atoms with van der Waals surface area (Å²) in [7, 11) is 1.50. The number of hydrogen-bond donors (Lipinski definition) is 1. The van der Waals surface area contributed by atoms with Gasteiger partial charge in [0.25, 0.3) is 0 Å². The van der Waals surface area contributed by atoms with E-state index in [0.29, 0.717) is 30.6 Å². The van der Waals surface area contributed by atoms with Crippen molar-refractivity contribution in [1.82, 2.24) is 0 Å². The van der Waals surface area contributed by atoms with Crippen LogP contribution in [0, 0.1) is 5.82 Å². The van der Waals surface area contributed by atoms with Gasteiger partial charge in [0.2, 0.25) is 5.91 Å². The molecule has 136 valence electrons. The highest BCUT2D eigenvalue weighted by Gasteiger charge is 2.22. The number of nitrogens with zero attached hydrogens (tertiary/aromatic N) is 1. The van der Waals surface area contributed by atoms with Crippen molar-refractivity contribution in [3.05, 3.63) is 65.5 Å². The Kier molecular flexibility index (Phi) is 9.48. The second-order valence-electron chi connectivity index (χ2n) is 5.41. The van der Waals surface area contributed by atoms with Crippen molar-refractivity contribution in [2.45, 2.75) is 39.5 Å². The van der Waals surface area contributed by atoms with Gasteiger partial charge >= 0.3 is 0 Å². The maximum Gasteiger partial charge on any atom is 0.227 e. The number of anilines is 1. The van der Waals surface area contributed by atoms with Gasteiger partial charge in [-0.3, -0.25) is 4.79 Å². The fraction of sp³-hybridized carbons (Fsp3) is 0.381. The average Bonchev–Trinajstić information content (AvgIpc) is 3.11. The lowest BCUT2D eigenvalue weighted by atomic mass is 10.0. The quantitative estimate of drug-likeness (QED) is 0.897. The highest BCUT2D eigenvalue weighted by Crippen LogP contribution is 2.24. The van der Waals surface area contributed by atoms with Crippen molar-refractivity contribution in [1.29, 1.82) is 0 Å². The van der Waals surface area contributed by atoms with Crippen molar-refractivity contribution in [2.75, 3.05) is 18.5 Å². The number of carbonyl (C=O) groups excluding carboxylic acids is 1. The summed E-state index contributed by atoms with van der Waals surface area (Å²) >= 11 is 0. The van der Waals surface area contributed by atoms with Gasteiger partial charge in [-0.15, -0.1) is 0 Å². The van der Waals surface area contributed by atoms with Crippen LogP contribution in [-0.4, -0.2) is 19.5 Å². The molecule has 25 heavy (non-hydrogen) atoms. The lowest BCUT2D eigenvalue weighted by Gasteiger charge is -2.16. The molecule has 1 amide bonds. The third kappa shape index (κ3) is 5.98. The molecule has 0 bridgehead atoms. The van der Waals surface area contributed by atoms with E-state index in [2.05, 4.69) is 17.9 Å². The molecule has 0 saturated carbocycles. The first-order chi connectivity index (χ1) is 12.2. The standard InChI is InChI=1S/C18H18FNO.C2H6.CH5N/c19-17-13-16(20-12-4-7-18(20)21)11-10-15(17)9-8-14-5-2-1-3-6-14;2*1-2/h1-3,5-6,10-11,13H,4,7-9,12H2;1-2H3;2H2,1H3. The van der Waals surface area contributed by atoms with Gasteiger partial charge in [0.1, 0.15) is 5.82 Å². The molecule has 2 N–H and O–H groups in total. The summed E-state index contributed by atoms with van der Waals surface area (Å²) in [6.07, 6.45) is 2.91. The molecule has 1 fully saturated rings. The van der Waals surface area contributed by atoms with E-state index >= 15 is 0 Å². The Morgan fingerprint density at radius 2 is 1.72 bits per heavy atom. The van der Waals surface area contributed by atoms with E-state index in [1.54, 1.807) is 11.0 Å². The molecule has 4 heteroatoms. The summed E-state index contributed by atoms with van der Waals surface area (Å²) in [5, 5.41) is 0. The minimum atomic E-state index is -0.219. The highest BCUT2D eigenvalue weighted by atomic mass is 19.1. The van der Waals surface area contributed by atoms with E-state index in [1.807, 2.05) is 38.1 Å². The number of amides is 1. The molecule has 0 atom stereocenters. The number of hydrogen-bond acceptors (Lipinski definition) is 2. The fourth-order valence-electron chi connectivity index (χ4n) is 2.75. The second-order valence-corrected chi connectivity index (χ2v) is 5.41. The Bertz CT molecular complexity index is 644. The van der Waals surface area contributed by atoms with Crippen LogP contribution in [0.5, 0.6) is 0 Å². The Morgan fingerprint density at radius 3 is 2.28 bits per heavy atom. The van der Waals surface area contributed by atoms with E-state index in [1.165, 1.54) is 18.7 Å². The summed E-state index contributed by atoms with van der Waals surface area (Å²) < 4.78 is 14.2. The van der Waals surface area contributed by atoms with Crippen LogP contribution in [0.2, 0.25) is 0 Å². The molecule has 0 aliphatic carbocycles. The molecule has 1 aliphatic heterocycles. The first kappa shape index (κ1) is 20.8. The Hall–Kier alpha value is -2.20. The second kappa shape index (κ2) is 11.4. The first-order valence-corrected chi connectivity index (χ1v) is 8.94. The Balaban J connectivity index is 0.000000730. The zero-order valence-corrected chi connectivity index (χ0v) is 15.5. The van der Waals surface area contributed by atoms with Gasteiger partial charge in [-0.1, -0.05) is 50.2 Å². The summed E-state index contributed by atoms with van der Waals surface area (Å²) in [4.78, 5) is 13.4. The van der Waals surface area contributed by atoms with Crippen molar-refractivity contribution >= 4 is 11.6 Å². The monoisotopic (exact) mass is 344 g/mol. The lowest BCUT2D eigenvalue weighted by molar-refractivity contribution is -0.117. The maximum absolute atomic E-state index is 14.2. The van der Waals surface area contributed by atoms with Crippen LogP contribution < -0.4 is 10.6 Å². The molecule has 1 heterocycles. The summed E-state index contributed by atoms with van der Waals surface area (Å²) in [5.41, 5.74) is 7.09. The topological polar surface area (TPSA) is 46.3 Å². The number of rotatable bonds is 4. The predicted molar refractivity (Wildman–Crippen MR) is 103 cm³/mol. The summed E-state index contributed by atoms with van der Waals surface area (Å²) in [6.45, 7) is 4.70. The van der Waals surface area contributed by atoms with Crippen molar-refractivity contribution in [3.8, 4) is 0 Å². The molecular weight excluding hydrogens is 315 g/mol. The number of nitrogens with two attached hydrogens (primary N) is 1. The largest absolute Gasteiger partial charge is 0.333 e. The smallest absolute Gasteiger partial charge is 0.227 e. The minimum Gasteiger partial charge on any atom is -0.333 e. The Morgan fingerprint density at radius 1 is 1.04 bits per heavy atom.